The van der Waals surface area contributed by atoms with E-state index in [1.807, 2.05) is 0 Å². The number of allylic oxidation sites excluding steroid dienone is 2. The molecule has 1 N–H and O–H groups in total. The molecule has 0 heterocycles. The molecule has 0 atom stereocenters. The van der Waals surface area contributed by atoms with Crippen molar-refractivity contribution in [1.82, 2.24) is 5.48 Å². The third-order valence-electron chi connectivity index (χ3n) is 1.35. The van der Waals surface area contributed by atoms with Gasteiger partial charge in [-0.05, 0) is 12.5 Å². The summed E-state index contributed by atoms with van der Waals surface area (Å²) in [6.07, 6.45) is 3.29. The molecule has 3 nitrogen and oxygen atoms in total. The van der Waals surface area contributed by atoms with Gasteiger partial charge in [-0.1, -0.05) is 13.2 Å². The van der Waals surface area contributed by atoms with Crippen LogP contribution in [0.4, 0.5) is 0 Å². The van der Waals surface area contributed by atoms with Crippen LogP contribution in [-0.2, 0) is 9.63 Å². The summed E-state index contributed by atoms with van der Waals surface area (Å²) in [5.41, 5.74) is 2.51. The second kappa shape index (κ2) is 6.61. The third-order valence-corrected chi connectivity index (χ3v) is 1.35. The molecule has 0 aromatic heterocycles. The Balaban J connectivity index is 3.36. The van der Waals surface area contributed by atoms with Crippen molar-refractivity contribution in [2.75, 3.05) is 7.05 Å². The summed E-state index contributed by atoms with van der Waals surface area (Å²) in [6, 6.07) is 0. The SMILES string of the molecule is C=CC(=O)CCCC(=C)ONC. The van der Waals surface area contributed by atoms with Gasteiger partial charge in [-0.2, -0.15) is 5.48 Å². The lowest BCUT2D eigenvalue weighted by atomic mass is 10.1. The maximum atomic E-state index is 10.7. The fourth-order valence-electron chi connectivity index (χ4n) is 0.757. The van der Waals surface area contributed by atoms with E-state index in [9.17, 15) is 4.79 Å². The van der Waals surface area contributed by atoms with Crippen LogP contribution in [0.1, 0.15) is 19.3 Å². The van der Waals surface area contributed by atoms with E-state index in [-0.39, 0.29) is 5.78 Å². The first-order valence-corrected chi connectivity index (χ1v) is 3.87. The molecule has 0 aliphatic rings. The van der Waals surface area contributed by atoms with Gasteiger partial charge in [-0.3, -0.25) is 4.79 Å². The Kier molecular flexibility index (Phi) is 6.01. The van der Waals surface area contributed by atoms with E-state index in [0.29, 0.717) is 18.6 Å². The summed E-state index contributed by atoms with van der Waals surface area (Å²) in [7, 11) is 1.67. The summed E-state index contributed by atoms with van der Waals surface area (Å²) < 4.78 is 0. The molecular formula is C9H15NO2. The zero-order valence-electron chi connectivity index (χ0n) is 7.43. The standard InChI is InChI=1S/C9H15NO2/c1-4-9(11)7-5-6-8(2)12-10-3/h4,10H,1-2,5-7H2,3H3. The second-order valence-electron chi connectivity index (χ2n) is 2.37. The molecule has 0 amide bonds. The van der Waals surface area contributed by atoms with E-state index in [1.54, 1.807) is 7.05 Å². The van der Waals surface area contributed by atoms with E-state index < -0.39 is 0 Å². The smallest absolute Gasteiger partial charge is 0.155 e. The predicted octanol–water partition coefficient (Wildman–Crippen LogP) is 1.58. The van der Waals surface area contributed by atoms with Crippen LogP contribution in [0.25, 0.3) is 0 Å². The van der Waals surface area contributed by atoms with Gasteiger partial charge in [0, 0.05) is 19.9 Å². The van der Waals surface area contributed by atoms with E-state index in [4.69, 9.17) is 4.84 Å². The monoisotopic (exact) mass is 169 g/mol. The number of ketones is 1. The molecule has 0 rings (SSSR count). The molecular weight excluding hydrogens is 154 g/mol. The number of hydrogen-bond donors (Lipinski definition) is 1. The van der Waals surface area contributed by atoms with Crippen molar-refractivity contribution >= 4 is 5.78 Å². The number of hydrogen-bond acceptors (Lipinski definition) is 3. The Morgan fingerprint density at radius 2 is 2.25 bits per heavy atom. The molecule has 0 spiro atoms. The van der Waals surface area contributed by atoms with E-state index in [0.717, 1.165) is 6.42 Å². The number of nitrogens with one attached hydrogen (secondary N) is 1. The lowest BCUT2D eigenvalue weighted by molar-refractivity contribution is -0.114. The minimum absolute atomic E-state index is 0.0623. The van der Waals surface area contributed by atoms with Crippen LogP contribution in [-0.4, -0.2) is 12.8 Å². The number of rotatable bonds is 7. The van der Waals surface area contributed by atoms with Crippen molar-refractivity contribution in [3.63, 3.8) is 0 Å². The highest BCUT2D eigenvalue weighted by molar-refractivity contribution is 5.88. The van der Waals surface area contributed by atoms with Gasteiger partial charge in [0.2, 0.25) is 0 Å². The maximum Gasteiger partial charge on any atom is 0.155 e. The van der Waals surface area contributed by atoms with Crippen LogP contribution in [0.15, 0.2) is 25.0 Å². The lowest BCUT2D eigenvalue weighted by Gasteiger charge is -2.04. The van der Waals surface area contributed by atoms with Crippen molar-refractivity contribution < 1.29 is 9.63 Å². The van der Waals surface area contributed by atoms with Crippen LogP contribution < -0.4 is 5.48 Å². The maximum absolute atomic E-state index is 10.7. The zero-order valence-corrected chi connectivity index (χ0v) is 7.43. The van der Waals surface area contributed by atoms with Gasteiger partial charge in [0.1, 0.15) is 5.76 Å². The first-order chi connectivity index (χ1) is 5.70. The van der Waals surface area contributed by atoms with Crippen molar-refractivity contribution in [3.05, 3.63) is 25.0 Å². The van der Waals surface area contributed by atoms with Crippen LogP contribution in [0.5, 0.6) is 0 Å². The Labute approximate surface area is 73.1 Å². The van der Waals surface area contributed by atoms with Gasteiger partial charge in [0.15, 0.2) is 5.78 Å². The van der Waals surface area contributed by atoms with Gasteiger partial charge in [-0.25, -0.2) is 0 Å². The third kappa shape index (κ3) is 5.68. The average Bonchev–Trinajstić information content (AvgIpc) is 2.04. The molecule has 0 unspecified atom stereocenters. The molecule has 0 fully saturated rings. The molecule has 0 aliphatic heterocycles. The van der Waals surface area contributed by atoms with E-state index >= 15 is 0 Å². The summed E-state index contributed by atoms with van der Waals surface area (Å²) >= 11 is 0. The highest BCUT2D eigenvalue weighted by atomic mass is 16.6. The minimum atomic E-state index is 0.0623. The summed E-state index contributed by atoms with van der Waals surface area (Å²) in [4.78, 5) is 15.6. The van der Waals surface area contributed by atoms with Gasteiger partial charge in [0.05, 0.1) is 0 Å². The molecule has 3 heteroatoms. The van der Waals surface area contributed by atoms with Gasteiger partial charge < -0.3 is 4.84 Å². The highest BCUT2D eigenvalue weighted by Crippen LogP contribution is 2.05. The molecule has 68 valence electrons. The number of hydroxylamine groups is 1. The van der Waals surface area contributed by atoms with Gasteiger partial charge in [-0.15, -0.1) is 0 Å². The molecule has 0 bridgehead atoms. The van der Waals surface area contributed by atoms with Crippen LogP contribution >= 0.6 is 0 Å². The molecule has 12 heavy (non-hydrogen) atoms. The molecule has 0 aromatic carbocycles. The molecule has 0 saturated carbocycles. The van der Waals surface area contributed by atoms with Crippen molar-refractivity contribution in [1.29, 1.82) is 0 Å². The van der Waals surface area contributed by atoms with Gasteiger partial charge >= 0.3 is 0 Å². The number of carbonyl (C=O) groups is 1. The van der Waals surface area contributed by atoms with Crippen molar-refractivity contribution in [2.24, 2.45) is 0 Å². The predicted molar refractivity (Wildman–Crippen MR) is 48.3 cm³/mol. The van der Waals surface area contributed by atoms with E-state index in [2.05, 4.69) is 18.6 Å². The normalized spacial score (nSPS) is 9.08. The van der Waals surface area contributed by atoms with Crippen molar-refractivity contribution in [3.8, 4) is 0 Å². The topological polar surface area (TPSA) is 38.3 Å². The minimum Gasteiger partial charge on any atom is -0.414 e. The Morgan fingerprint density at radius 1 is 1.58 bits per heavy atom. The quantitative estimate of drug-likeness (QED) is 0.357. The number of carbonyl (C=O) groups excluding carboxylic acids is 1. The molecule has 0 aliphatic carbocycles. The second-order valence-corrected chi connectivity index (χ2v) is 2.37. The fourth-order valence-corrected chi connectivity index (χ4v) is 0.757. The van der Waals surface area contributed by atoms with Crippen LogP contribution in [0.3, 0.4) is 0 Å². The molecule has 0 radical (unpaired) electrons. The Bertz CT molecular complexity index is 175. The van der Waals surface area contributed by atoms with Crippen molar-refractivity contribution in [2.45, 2.75) is 19.3 Å². The highest BCUT2D eigenvalue weighted by Gasteiger charge is 1.98. The molecule has 0 saturated heterocycles. The largest absolute Gasteiger partial charge is 0.414 e. The fraction of sp³-hybridized carbons (Fsp3) is 0.444. The van der Waals surface area contributed by atoms with Crippen LogP contribution in [0, 0.1) is 0 Å². The first kappa shape index (κ1) is 10.9. The Morgan fingerprint density at radius 3 is 2.75 bits per heavy atom. The lowest BCUT2D eigenvalue weighted by Crippen LogP contribution is -2.06. The first-order valence-electron chi connectivity index (χ1n) is 3.87. The van der Waals surface area contributed by atoms with E-state index in [1.165, 1.54) is 6.08 Å². The molecule has 0 aromatic rings. The van der Waals surface area contributed by atoms with Crippen LogP contribution in [0.2, 0.25) is 0 Å². The average molecular weight is 169 g/mol. The Hall–Kier alpha value is -1.09. The summed E-state index contributed by atoms with van der Waals surface area (Å²) in [6.45, 7) is 7.02. The summed E-state index contributed by atoms with van der Waals surface area (Å²) in [5.74, 6) is 0.710. The zero-order chi connectivity index (χ0) is 9.40. The summed E-state index contributed by atoms with van der Waals surface area (Å²) in [5, 5.41) is 0. The van der Waals surface area contributed by atoms with Gasteiger partial charge in [0.25, 0.3) is 0 Å².